The zero-order chi connectivity index (χ0) is 15.7. The molecule has 1 aromatic carbocycles. The Morgan fingerprint density at radius 2 is 2.18 bits per heavy atom. The molecule has 4 nitrogen and oxygen atoms in total. The van der Waals surface area contributed by atoms with E-state index in [-0.39, 0.29) is 11.9 Å². The van der Waals surface area contributed by atoms with Gasteiger partial charge >= 0.3 is 0 Å². The lowest BCUT2D eigenvalue weighted by molar-refractivity contribution is 0.0588. The maximum atomic E-state index is 12.6. The van der Waals surface area contributed by atoms with Crippen LogP contribution in [0, 0.1) is 6.92 Å². The molecule has 1 unspecified atom stereocenters. The summed E-state index contributed by atoms with van der Waals surface area (Å²) < 4.78 is 5.18. The third kappa shape index (κ3) is 2.50. The molecule has 0 radical (unpaired) electrons. The van der Waals surface area contributed by atoms with E-state index in [0.29, 0.717) is 13.2 Å². The number of aromatic nitrogens is 1. The molecule has 22 heavy (non-hydrogen) atoms. The van der Waals surface area contributed by atoms with Crippen LogP contribution in [0.3, 0.4) is 0 Å². The maximum Gasteiger partial charge on any atom is 0.255 e. The second kappa shape index (κ2) is 5.89. The van der Waals surface area contributed by atoms with E-state index in [4.69, 9.17) is 4.74 Å². The van der Waals surface area contributed by atoms with Crippen LogP contribution in [0.5, 0.6) is 0 Å². The highest BCUT2D eigenvalue weighted by Crippen LogP contribution is 2.32. The van der Waals surface area contributed by atoms with Crippen molar-refractivity contribution in [2.75, 3.05) is 13.7 Å². The summed E-state index contributed by atoms with van der Waals surface area (Å²) in [5.41, 5.74) is 5.14. The molecule has 0 bridgehead atoms. The first-order valence-corrected chi connectivity index (χ1v) is 7.45. The molecule has 114 valence electrons. The predicted molar refractivity (Wildman–Crippen MR) is 85.6 cm³/mol. The molecule has 0 fully saturated rings. The summed E-state index contributed by atoms with van der Waals surface area (Å²) in [5, 5.41) is 0. The summed E-state index contributed by atoms with van der Waals surface area (Å²) in [5.74, 6) is 0.106. The van der Waals surface area contributed by atoms with Crippen LogP contribution in [0.25, 0.3) is 11.1 Å². The number of amides is 1. The Morgan fingerprint density at radius 3 is 2.86 bits per heavy atom. The lowest BCUT2D eigenvalue weighted by atomic mass is 9.97. The first-order chi connectivity index (χ1) is 10.6. The number of ether oxygens (including phenoxy) is 1. The summed E-state index contributed by atoms with van der Waals surface area (Å²) in [6.45, 7) is 5.22. The Bertz CT molecular complexity index is 698. The fourth-order valence-corrected chi connectivity index (χ4v) is 3.08. The SMILES string of the molecule is COCC(C)N1Cc2cc(-c3cccnc3)cc(C)c2C1=O. The highest BCUT2D eigenvalue weighted by Gasteiger charge is 2.32. The number of hydrogen-bond acceptors (Lipinski definition) is 3. The zero-order valence-corrected chi connectivity index (χ0v) is 13.2. The van der Waals surface area contributed by atoms with Gasteiger partial charge in [-0.3, -0.25) is 9.78 Å². The molecule has 2 aromatic rings. The van der Waals surface area contributed by atoms with Gasteiger partial charge in [-0.25, -0.2) is 0 Å². The van der Waals surface area contributed by atoms with Crippen LogP contribution in [0.2, 0.25) is 0 Å². The molecule has 2 heterocycles. The third-order valence-corrected chi connectivity index (χ3v) is 4.17. The van der Waals surface area contributed by atoms with Crippen molar-refractivity contribution in [3.05, 3.63) is 53.3 Å². The molecule has 4 heteroatoms. The van der Waals surface area contributed by atoms with Crippen LogP contribution in [-0.2, 0) is 11.3 Å². The fraction of sp³-hybridized carbons (Fsp3) is 0.333. The Kier molecular flexibility index (Phi) is 3.94. The topological polar surface area (TPSA) is 42.4 Å². The zero-order valence-electron chi connectivity index (χ0n) is 13.2. The number of methoxy groups -OCH3 is 1. The number of hydrogen-bond donors (Lipinski definition) is 0. The van der Waals surface area contributed by atoms with E-state index < -0.39 is 0 Å². The lowest BCUT2D eigenvalue weighted by Gasteiger charge is -2.23. The van der Waals surface area contributed by atoms with Crippen molar-refractivity contribution in [2.24, 2.45) is 0 Å². The Morgan fingerprint density at radius 1 is 1.36 bits per heavy atom. The minimum Gasteiger partial charge on any atom is -0.383 e. The molecule has 1 aliphatic rings. The first kappa shape index (κ1) is 14.7. The van der Waals surface area contributed by atoms with Crippen LogP contribution in [0.4, 0.5) is 0 Å². The predicted octanol–water partition coefficient (Wildman–Crippen LogP) is 3.05. The minimum absolute atomic E-state index is 0.0751. The van der Waals surface area contributed by atoms with Crippen LogP contribution in [-0.4, -0.2) is 35.5 Å². The molecule has 0 saturated heterocycles. The second-order valence-electron chi connectivity index (χ2n) is 5.81. The molecule has 0 spiro atoms. The molecule has 1 aromatic heterocycles. The van der Waals surface area contributed by atoms with Gasteiger partial charge in [-0.2, -0.15) is 0 Å². The van der Waals surface area contributed by atoms with E-state index in [0.717, 1.165) is 27.8 Å². The smallest absolute Gasteiger partial charge is 0.255 e. The van der Waals surface area contributed by atoms with Crippen molar-refractivity contribution >= 4 is 5.91 Å². The standard InChI is InChI=1S/C18H20N2O2/c1-12-7-15(14-5-4-6-19-9-14)8-16-10-20(13(2)11-22-3)18(21)17(12)16/h4-9,13H,10-11H2,1-3H3. The van der Waals surface area contributed by atoms with Crippen molar-refractivity contribution in [1.29, 1.82) is 0 Å². The summed E-state index contributed by atoms with van der Waals surface area (Å²) in [6.07, 6.45) is 3.62. The molecule has 0 aliphatic carbocycles. The Balaban J connectivity index is 1.98. The van der Waals surface area contributed by atoms with E-state index in [2.05, 4.69) is 17.1 Å². The summed E-state index contributed by atoms with van der Waals surface area (Å²) >= 11 is 0. The van der Waals surface area contributed by atoms with Crippen molar-refractivity contribution < 1.29 is 9.53 Å². The molecular formula is C18H20N2O2. The van der Waals surface area contributed by atoms with E-state index in [1.54, 1.807) is 13.3 Å². The van der Waals surface area contributed by atoms with Crippen LogP contribution in [0.1, 0.15) is 28.4 Å². The van der Waals surface area contributed by atoms with E-state index >= 15 is 0 Å². The Hall–Kier alpha value is -2.20. The van der Waals surface area contributed by atoms with Crippen LogP contribution < -0.4 is 0 Å². The number of rotatable bonds is 4. The molecule has 1 atom stereocenters. The third-order valence-electron chi connectivity index (χ3n) is 4.17. The molecule has 3 rings (SSSR count). The maximum absolute atomic E-state index is 12.6. The number of fused-ring (bicyclic) bond motifs is 1. The number of pyridine rings is 1. The summed E-state index contributed by atoms with van der Waals surface area (Å²) in [4.78, 5) is 18.7. The number of nitrogens with zero attached hydrogens (tertiary/aromatic N) is 2. The minimum atomic E-state index is 0.0751. The largest absolute Gasteiger partial charge is 0.383 e. The average Bonchev–Trinajstić information content (AvgIpc) is 2.86. The van der Waals surface area contributed by atoms with Gasteiger partial charge in [0.1, 0.15) is 0 Å². The monoisotopic (exact) mass is 296 g/mol. The highest BCUT2D eigenvalue weighted by atomic mass is 16.5. The van der Waals surface area contributed by atoms with Gasteiger partial charge in [-0.05, 0) is 42.7 Å². The van der Waals surface area contributed by atoms with Gasteiger partial charge in [0.25, 0.3) is 5.91 Å². The van der Waals surface area contributed by atoms with Crippen molar-refractivity contribution in [3.63, 3.8) is 0 Å². The number of aryl methyl sites for hydroxylation is 1. The molecule has 0 N–H and O–H groups in total. The van der Waals surface area contributed by atoms with Crippen molar-refractivity contribution in [2.45, 2.75) is 26.4 Å². The quantitative estimate of drug-likeness (QED) is 0.871. The molecule has 1 aliphatic heterocycles. The van der Waals surface area contributed by atoms with Gasteiger partial charge in [0.15, 0.2) is 0 Å². The number of carbonyl (C=O) groups excluding carboxylic acids is 1. The van der Waals surface area contributed by atoms with Gasteiger partial charge in [0.05, 0.1) is 12.6 Å². The first-order valence-electron chi connectivity index (χ1n) is 7.45. The van der Waals surface area contributed by atoms with Crippen LogP contribution >= 0.6 is 0 Å². The van der Waals surface area contributed by atoms with Gasteiger partial charge in [0, 0.05) is 37.2 Å². The van der Waals surface area contributed by atoms with Gasteiger partial charge in [-0.15, -0.1) is 0 Å². The Labute approximate surface area is 130 Å². The van der Waals surface area contributed by atoms with E-state index in [1.165, 1.54) is 0 Å². The average molecular weight is 296 g/mol. The highest BCUT2D eigenvalue weighted by molar-refractivity contribution is 6.00. The van der Waals surface area contributed by atoms with Gasteiger partial charge in [0.2, 0.25) is 0 Å². The van der Waals surface area contributed by atoms with Crippen LogP contribution in [0.15, 0.2) is 36.7 Å². The van der Waals surface area contributed by atoms with E-state index in [9.17, 15) is 4.79 Å². The normalized spacial score (nSPS) is 15.0. The van der Waals surface area contributed by atoms with Crippen molar-refractivity contribution in [1.82, 2.24) is 9.88 Å². The molecule has 1 amide bonds. The van der Waals surface area contributed by atoms with Crippen molar-refractivity contribution in [3.8, 4) is 11.1 Å². The lowest BCUT2D eigenvalue weighted by Crippen LogP contribution is -2.36. The summed E-state index contributed by atoms with van der Waals surface area (Å²) in [7, 11) is 1.66. The van der Waals surface area contributed by atoms with Gasteiger partial charge in [-0.1, -0.05) is 12.1 Å². The second-order valence-corrected chi connectivity index (χ2v) is 5.81. The number of carbonyl (C=O) groups is 1. The van der Waals surface area contributed by atoms with Gasteiger partial charge < -0.3 is 9.64 Å². The molecular weight excluding hydrogens is 276 g/mol. The summed E-state index contributed by atoms with van der Waals surface area (Å²) in [6, 6.07) is 8.22. The number of benzene rings is 1. The van der Waals surface area contributed by atoms with E-state index in [1.807, 2.05) is 37.1 Å². The molecule has 0 saturated carbocycles. The fourth-order valence-electron chi connectivity index (χ4n) is 3.08.